The van der Waals surface area contributed by atoms with Crippen molar-refractivity contribution in [1.29, 1.82) is 0 Å². The highest BCUT2D eigenvalue weighted by molar-refractivity contribution is 7.15. The van der Waals surface area contributed by atoms with Crippen molar-refractivity contribution in [1.82, 2.24) is 15.1 Å². The maximum absolute atomic E-state index is 13.2. The molecule has 1 fully saturated rings. The summed E-state index contributed by atoms with van der Waals surface area (Å²) < 4.78 is 0. The number of nitrogens with zero attached hydrogens (tertiary/aromatic N) is 4. The topological polar surface area (TPSA) is 69.6 Å². The summed E-state index contributed by atoms with van der Waals surface area (Å²) in [6, 6.07) is 4.33. The van der Waals surface area contributed by atoms with E-state index in [2.05, 4.69) is 17.1 Å². The molecule has 3 rings (SSSR count). The maximum atomic E-state index is 13.2. The van der Waals surface area contributed by atoms with E-state index in [9.17, 15) is 9.90 Å². The van der Waals surface area contributed by atoms with Crippen molar-refractivity contribution < 1.29 is 9.90 Å². The van der Waals surface area contributed by atoms with E-state index in [1.54, 1.807) is 23.1 Å². The van der Waals surface area contributed by atoms with E-state index in [4.69, 9.17) is 23.2 Å². The molecule has 0 unspecified atom stereocenters. The summed E-state index contributed by atoms with van der Waals surface area (Å²) in [5, 5.41) is 21.5. The Balaban J connectivity index is 2.00. The lowest BCUT2D eigenvalue weighted by Crippen LogP contribution is -2.35. The van der Waals surface area contributed by atoms with Crippen LogP contribution in [0, 0.1) is 0 Å². The zero-order valence-corrected chi connectivity index (χ0v) is 18.6. The molecule has 28 heavy (non-hydrogen) atoms. The summed E-state index contributed by atoms with van der Waals surface area (Å²) in [5.41, 5.74) is 0.545. The molecule has 1 N–H and O–H groups in total. The second-order valence-electron chi connectivity index (χ2n) is 7.87. The molecule has 0 spiro atoms. The van der Waals surface area contributed by atoms with Crippen LogP contribution in [0.15, 0.2) is 18.2 Å². The Kier molecular flexibility index (Phi) is 6.20. The van der Waals surface area contributed by atoms with E-state index in [1.807, 2.05) is 20.8 Å². The highest BCUT2D eigenvalue weighted by atomic mass is 35.5. The summed E-state index contributed by atoms with van der Waals surface area (Å²) in [6.07, 6.45) is 0.663. The quantitative estimate of drug-likeness (QED) is 0.686. The number of unbranched alkanes of at least 4 members (excludes halogenated alkanes) is 1. The fourth-order valence-electron chi connectivity index (χ4n) is 3.10. The van der Waals surface area contributed by atoms with Crippen molar-refractivity contribution in [3.8, 4) is 0 Å². The van der Waals surface area contributed by atoms with Crippen molar-refractivity contribution in [2.24, 2.45) is 0 Å². The molecule has 1 aromatic heterocycles. The largest absolute Gasteiger partial charge is 0.370 e. The van der Waals surface area contributed by atoms with Crippen molar-refractivity contribution in [3.05, 3.63) is 38.8 Å². The molecule has 2 amide bonds. The molecule has 6 nitrogen and oxygen atoms in total. The first kappa shape index (κ1) is 21.3. The Labute approximate surface area is 179 Å². The second-order valence-corrected chi connectivity index (χ2v) is 9.64. The van der Waals surface area contributed by atoms with Crippen LogP contribution < -0.4 is 4.90 Å². The van der Waals surface area contributed by atoms with Crippen LogP contribution in [-0.4, -0.2) is 39.0 Å². The minimum Gasteiger partial charge on any atom is -0.370 e. The van der Waals surface area contributed by atoms with Crippen molar-refractivity contribution in [2.75, 3.05) is 11.4 Å². The van der Waals surface area contributed by atoms with Crippen molar-refractivity contribution in [2.45, 2.75) is 58.2 Å². The Morgan fingerprint density at radius 2 is 1.93 bits per heavy atom. The molecule has 2 aromatic rings. The van der Waals surface area contributed by atoms with E-state index in [1.165, 1.54) is 16.2 Å². The van der Waals surface area contributed by atoms with Gasteiger partial charge in [0.15, 0.2) is 6.23 Å². The number of aliphatic hydroxyl groups excluding tert-OH is 1. The summed E-state index contributed by atoms with van der Waals surface area (Å²) >= 11 is 13.5. The standard InChI is InChI=1S/C19H24Cl2N4O2S/c1-5-6-9-24-14(11-7-8-12(20)13(21)10-11)15(26)25(18(24)27)17-23-22-16(28-17)19(2,3)4/h7-8,10,14-15,26H,5-6,9H2,1-4H3/t14-,15+/m1/s1. The van der Waals surface area contributed by atoms with Gasteiger partial charge in [0.05, 0.1) is 10.0 Å². The van der Waals surface area contributed by atoms with Gasteiger partial charge in [-0.1, -0.05) is 74.7 Å². The molecule has 1 aromatic carbocycles. The van der Waals surface area contributed by atoms with Gasteiger partial charge < -0.3 is 10.0 Å². The average Bonchev–Trinajstić information content (AvgIpc) is 3.19. The molecule has 152 valence electrons. The Bertz CT molecular complexity index is 868. The third-order valence-electron chi connectivity index (χ3n) is 4.63. The van der Waals surface area contributed by atoms with Crippen LogP contribution in [0.1, 0.15) is 57.1 Å². The van der Waals surface area contributed by atoms with Gasteiger partial charge in [-0.15, -0.1) is 10.2 Å². The van der Waals surface area contributed by atoms with E-state index >= 15 is 0 Å². The van der Waals surface area contributed by atoms with Gasteiger partial charge in [0.2, 0.25) is 5.13 Å². The number of benzene rings is 1. The zero-order valence-electron chi connectivity index (χ0n) is 16.3. The zero-order chi connectivity index (χ0) is 20.6. The fraction of sp³-hybridized carbons (Fsp3) is 0.526. The van der Waals surface area contributed by atoms with Gasteiger partial charge >= 0.3 is 6.03 Å². The van der Waals surface area contributed by atoms with Gasteiger partial charge in [-0.05, 0) is 24.1 Å². The predicted octanol–water partition coefficient (Wildman–Crippen LogP) is 5.24. The van der Waals surface area contributed by atoms with Gasteiger partial charge in [0.1, 0.15) is 11.0 Å². The number of halogens is 2. The SMILES string of the molecule is CCCCN1C(=O)N(c2nnc(C(C)(C)C)s2)[C@@H](O)[C@H]1c1ccc(Cl)c(Cl)c1. The third-order valence-corrected chi connectivity index (χ3v) is 6.72. The molecular formula is C19H24Cl2N4O2S. The van der Waals surface area contributed by atoms with Crippen LogP contribution in [0.5, 0.6) is 0 Å². The summed E-state index contributed by atoms with van der Waals surface area (Å²) in [4.78, 5) is 16.2. The van der Waals surface area contributed by atoms with Gasteiger partial charge in [0, 0.05) is 12.0 Å². The van der Waals surface area contributed by atoms with E-state index in [-0.39, 0.29) is 11.4 Å². The van der Waals surface area contributed by atoms with Crippen LogP contribution in [-0.2, 0) is 5.41 Å². The molecule has 2 atom stereocenters. The van der Waals surface area contributed by atoms with Gasteiger partial charge in [0.25, 0.3) is 0 Å². The van der Waals surface area contributed by atoms with Crippen LogP contribution in [0.3, 0.4) is 0 Å². The number of hydrogen-bond donors (Lipinski definition) is 1. The van der Waals surface area contributed by atoms with E-state index in [0.717, 1.165) is 23.4 Å². The Hall–Kier alpha value is -1.41. The lowest BCUT2D eigenvalue weighted by molar-refractivity contribution is 0.118. The number of rotatable bonds is 5. The van der Waals surface area contributed by atoms with Crippen LogP contribution in [0.25, 0.3) is 0 Å². The van der Waals surface area contributed by atoms with Gasteiger partial charge in [-0.25, -0.2) is 9.69 Å². The molecule has 0 aliphatic carbocycles. The lowest BCUT2D eigenvalue weighted by Gasteiger charge is -2.25. The fourth-order valence-corrected chi connectivity index (χ4v) is 4.33. The van der Waals surface area contributed by atoms with E-state index < -0.39 is 12.3 Å². The Morgan fingerprint density at radius 1 is 1.21 bits per heavy atom. The minimum atomic E-state index is -1.10. The van der Waals surface area contributed by atoms with Gasteiger partial charge in [-0.2, -0.15) is 0 Å². The van der Waals surface area contributed by atoms with Crippen molar-refractivity contribution in [3.63, 3.8) is 0 Å². The molecule has 0 saturated carbocycles. The molecule has 9 heteroatoms. The summed E-state index contributed by atoms with van der Waals surface area (Å²) in [7, 11) is 0. The maximum Gasteiger partial charge on any atom is 0.329 e. The number of amides is 2. The third kappa shape index (κ3) is 3.99. The van der Waals surface area contributed by atoms with Crippen LogP contribution in [0.4, 0.5) is 9.93 Å². The number of anilines is 1. The average molecular weight is 443 g/mol. The first-order chi connectivity index (χ1) is 13.1. The molecular weight excluding hydrogens is 419 g/mol. The molecule has 1 aliphatic rings. The van der Waals surface area contributed by atoms with Crippen LogP contribution in [0.2, 0.25) is 10.0 Å². The first-order valence-corrected chi connectivity index (χ1v) is 10.8. The second kappa shape index (κ2) is 8.14. The normalized spacial score (nSPS) is 20.3. The molecule has 1 aliphatic heterocycles. The summed E-state index contributed by atoms with van der Waals surface area (Å²) in [6.45, 7) is 8.69. The number of carbonyl (C=O) groups is 1. The highest BCUT2D eigenvalue weighted by Crippen LogP contribution is 2.41. The minimum absolute atomic E-state index is 0.186. The number of urea groups is 1. The number of carbonyl (C=O) groups excluding carboxylic acids is 1. The molecule has 0 bridgehead atoms. The number of aliphatic hydroxyl groups is 1. The van der Waals surface area contributed by atoms with E-state index in [0.29, 0.717) is 21.7 Å². The smallest absolute Gasteiger partial charge is 0.329 e. The number of hydrogen-bond acceptors (Lipinski definition) is 5. The van der Waals surface area contributed by atoms with Crippen LogP contribution >= 0.6 is 34.5 Å². The predicted molar refractivity (Wildman–Crippen MR) is 113 cm³/mol. The van der Waals surface area contributed by atoms with Crippen molar-refractivity contribution >= 4 is 45.7 Å². The monoisotopic (exact) mass is 442 g/mol. The summed E-state index contributed by atoms with van der Waals surface area (Å²) in [5.74, 6) is 0. The Morgan fingerprint density at radius 3 is 2.50 bits per heavy atom. The highest BCUT2D eigenvalue weighted by Gasteiger charge is 2.47. The molecule has 1 saturated heterocycles. The first-order valence-electron chi connectivity index (χ1n) is 9.22. The lowest BCUT2D eigenvalue weighted by atomic mass is 9.98. The molecule has 2 heterocycles. The van der Waals surface area contributed by atoms with Gasteiger partial charge in [-0.3, -0.25) is 0 Å². The number of aromatic nitrogens is 2. The molecule has 0 radical (unpaired) electrons.